The highest BCUT2D eigenvalue weighted by Crippen LogP contribution is 2.25. The van der Waals surface area contributed by atoms with Crippen molar-refractivity contribution >= 4 is 23.4 Å². The minimum absolute atomic E-state index is 0.0918. The van der Waals surface area contributed by atoms with Gasteiger partial charge in [0.15, 0.2) is 0 Å². The summed E-state index contributed by atoms with van der Waals surface area (Å²) in [5.41, 5.74) is 5.88. The molecule has 0 amide bonds. The lowest BCUT2D eigenvalue weighted by Gasteiger charge is -1.96. The number of hydrogen-bond acceptors (Lipinski definition) is 3. The first-order chi connectivity index (χ1) is 6.65. The van der Waals surface area contributed by atoms with Crippen molar-refractivity contribution in [3.8, 4) is 0 Å². The van der Waals surface area contributed by atoms with Crippen molar-refractivity contribution in [3.05, 3.63) is 45.0 Å². The van der Waals surface area contributed by atoms with Gasteiger partial charge in [0.25, 0.3) is 5.69 Å². The van der Waals surface area contributed by atoms with E-state index in [0.717, 1.165) is 0 Å². The number of nitro groups is 1. The molecule has 0 unspecified atom stereocenters. The Bertz CT molecular complexity index is 377. The average Bonchev–Trinajstić information content (AvgIpc) is 2.16. The van der Waals surface area contributed by atoms with Gasteiger partial charge in [0, 0.05) is 12.6 Å². The van der Waals surface area contributed by atoms with Crippen molar-refractivity contribution in [3.63, 3.8) is 0 Å². The Morgan fingerprint density at radius 1 is 1.57 bits per heavy atom. The van der Waals surface area contributed by atoms with Gasteiger partial charge >= 0.3 is 0 Å². The van der Waals surface area contributed by atoms with Gasteiger partial charge in [0.2, 0.25) is 0 Å². The van der Waals surface area contributed by atoms with E-state index in [2.05, 4.69) is 0 Å². The zero-order chi connectivity index (χ0) is 10.6. The average molecular weight is 213 g/mol. The number of nitrogens with two attached hydrogens (primary N) is 1. The molecule has 74 valence electrons. The lowest BCUT2D eigenvalue weighted by atomic mass is 10.2. The molecule has 14 heavy (non-hydrogen) atoms. The van der Waals surface area contributed by atoms with E-state index in [1.165, 1.54) is 12.1 Å². The van der Waals surface area contributed by atoms with E-state index in [1.54, 1.807) is 18.2 Å². The number of nitrogens with zero attached hydrogens (tertiary/aromatic N) is 1. The maximum Gasteiger partial charge on any atom is 0.288 e. The fourth-order valence-electron chi connectivity index (χ4n) is 0.977. The summed E-state index contributed by atoms with van der Waals surface area (Å²) in [6.07, 6.45) is 3.43. The Labute approximate surface area is 86.1 Å². The summed E-state index contributed by atoms with van der Waals surface area (Å²) in [6, 6.07) is 4.60. The van der Waals surface area contributed by atoms with Crippen LogP contribution in [0.3, 0.4) is 0 Å². The molecule has 1 aromatic carbocycles. The molecule has 0 aliphatic rings. The molecule has 4 nitrogen and oxygen atoms in total. The van der Waals surface area contributed by atoms with Crippen molar-refractivity contribution in [2.75, 3.05) is 6.54 Å². The Morgan fingerprint density at radius 2 is 2.29 bits per heavy atom. The van der Waals surface area contributed by atoms with Gasteiger partial charge in [0.1, 0.15) is 5.02 Å². The van der Waals surface area contributed by atoms with E-state index < -0.39 is 4.92 Å². The van der Waals surface area contributed by atoms with Gasteiger partial charge in [-0.15, -0.1) is 0 Å². The number of halogens is 1. The summed E-state index contributed by atoms with van der Waals surface area (Å²) in [5, 5.41) is 10.7. The highest BCUT2D eigenvalue weighted by molar-refractivity contribution is 6.32. The first-order valence-electron chi connectivity index (χ1n) is 3.95. The molecular weight excluding hydrogens is 204 g/mol. The van der Waals surface area contributed by atoms with Gasteiger partial charge in [-0.25, -0.2) is 0 Å². The molecule has 5 heteroatoms. The van der Waals surface area contributed by atoms with Gasteiger partial charge in [-0.1, -0.05) is 29.8 Å². The molecule has 0 fully saturated rings. The minimum Gasteiger partial charge on any atom is -0.327 e. The van der Waals surface area contributed by atoms with Crippen molar-refractivity contribution in [2.45, 2.75) is 0 Å². The Kier molecular flexibility index (Phi) is 3.62. The van der Waals surface area contributed by atoms with Gasteiger partial charge in [-0.3, -0.25) is 10.1 Å². The second-order valence-corrected chi connectivity index (χ2v) is 3.01. The summed E-state index contributed by atoms with van der Waals surface area (Å²) in [5.74, 6) is 0. The zero-order valence-corrected chi connectivity index (χ0v) is 8.07. The molecule has 0 saturated heterocycles. The fraction of sp³-hybridized carbons (Fsp3) is 0.111. The molecule has 0 aliphatic carbocycles. The van der Waals surface area contributed by atoms with Crippen LogP contribution in [0.2, 0.25) is 5.02 Å². The van der Waals surface area contributed by atoms with Crippen LogP contribution in [0, 0.1) is 10.1 Å². The monoisotopic (exact) mass is 212 g/mol. The molecule has 1 rings (SSSR count). The molecular formula is C9H9ClN2O2. The van der Waals surface area contributed by atoms with Gasteiger partial charge in [-0.05, 0) is 11.6 Å². The SMILES string of the molecule is NCC=Cc1ccc(Cl)c([N+](=O)[O-])c1. The third-order valence-corrected chi connectivity index (χ3v) is 1.93. The first kappa shape index (κ1) is 10.7. The Hall–Kier alpha value is -1.39. The third kappa shape index (κ3) is 2.55. The van der Waals surface area contributed by atoms with Crippen LogP contribution in [-0.4, -0.2) is 11.5 Å². The first-order valence-corrected chi connectivity index (χ1v) is 4.33. The van der Waals surface area contributed by atoms with Crippen LogP contribution < -0.4 is 5.73 Å². The zero-order valence-electron chi connectivity index (χ0n) is 7.31. The maximum absolute atomic E-state index is 10.5. The van der Waals surface area contributed by atoms with Crippen LogP contribution >= 0.6 is 11.6 Å². The molecule has 0 aliphatic heterocycles. The molecule has 1 aromatic rings. The highest BCUT2D eigenvalue weighted by Gasteiger charge is 2.11. The van der Waals surface area contributed by atoms with Crippen LogP contribution in [0.5, 0.6) is 0 Å². The number of benzene rings is 1. The summed E-state index contributed by atoms with van der Waals surface area (Å²) in [7, 11) is 0. The predicted molar refractivity (Wildman–Crippen MR) is 56.2 cm³/mol. The van der Waals surface area contributed by atoms with Gasteiger partial charge in [-0.2, -0.15) is 0 Å². The number of nitro benzene ring substituents is 1. The molecule has 0 atom stereocenters. The topological polar surface area (TPSA) is 69.2 Å². The smallest absolute Gasteiger partial charge is 0.288 e. The van der Waals surface area contributed by atoms with E-state index in [0.29, 0.717) is 12.1 Å². The molecule has 2 N–H and O–H groups in total. The van der Waals surface area contributed by atoms with Crippen LogP contribution in [0.15, 0.2) is 24.3 Å². The summed E-state index contributed by atoms with van der Waals surface area (Å²) in [4.78, 5) is 10.0. The summed E-state index contributed by atoms with van der Waals surface area (Å²) >= 11 is 5.63. The van der Waals surface area contributed by atoms with Crippen LogP contribution in [0.25, 0.3) is 6.08 Å². The van der Waals surface area contributed by atoms with Crippen molar-refractivity contribution in [1.82, 2.24) is 0 Å². The normalized spacial score (nSPS) is 10.7. The fourth-order valence-corrected chi connectivity index (χ4v) is 1.16. The second-order valence-electron chi connectivity index (χ2n) is 2.61. The Balaban J connectivity index is 3.06. The van der Waals surface area contributed by atoms with Crippen molar-refractivity contribution in [1.29, 1.82) is 0 Å². The maximum atomic E-state index is 10.5. The molecule has 0 radical (unpaired) electrons. The van der Waals surface area contributed by atoms with Gasteiger partial charge in [0.05, 0.1) is 4.92 Å². The minimum atomic E-state index is -0.512. The molecule has 0 saturated carbocycles. The third-order valence-electron chi connectivity index (χ3n) is 1.61. The van der Waals surface area contributed by atoms with Crippen LogP contribution in [0.1, 0.15) is 5.56 Å². The lowest BCUT2D eigenvalue weighted by molar-refractivity contribution is -0.384. The predicted octanol–water partition coefficient (Wildman–Crippen LogP) is 2.22. The van der Waals surface area contributed by atoms with E-state index in [-0.39, 0.29) is 10.7 Å². The molecule has 0 heterocycles. The van der Waals surface area contributed by atoms with Crippen LogP contribution in [0.4, 0.5) is 5.69 Å². The van der Waals surface area contributed by atoms with E-state index in [9.17, 15) is 10.1 Å². The molecule has 0 bridgehead atoms. The lowest BCUT2D eigenvalue weighted by Crippen LogP contribution is -1.92. The second kappa shape index (κ2) is 4.74. The van der Waals surface area contributed by atoms with Crippen LogP contribution in [-0.2, 0) is 0 Å². The van der Waals surface area contributed by atoms with Gasteiger partial charge < -0.3 is 5.73 Å². The standard InChI is InChI=1S/C9H9ClN2O2/c10-8-4-3-7(2-1-5-11)6-9(8)12(13)14/h1-4,6H,5,11H2. The number of hydrogen-bond donors (Lipinski definition) is 1. The van der Waals surface area contributed by atoms with E-state index in [1.807, 2.05) is 0 Å². The largest absolute Gasteiger partial charge is 0.327 e. The number of rotatable bonds is 3. The quantitative estimate of drug-likeness (QED) is 0.617. The van der Waals surface area contributed by atoms with Crippen molar-refractivity contribution < 1.29 is 4.92 Å². The molecule has 0 spiro atoms. The summed E-state index contributed by atoms with van der Waals surface area (Å²) < 4.78 is 0. The van der Waals surface area contributed by atoms with E-state index >= 15 is 0 Å². The van der Waals surface area contributed by atoms with Crippen molar-refractivity contribution in [2.24, 2.45) is 5.73 Å². The Morgan fingerprint density at radius 3 is 2.86 bits per heavy atom. The summed E-state index contributed by atoms with van der Waals surface area (Å²) in [6.45, 7) is 0.399. The van der Waals surface area contributed by atoms with E-state index in [4.69, 9.17) is 17.3 Å². The molecule has 0 aromatic heterocycles. The highest BCUT2D eigenvalue weighted by atomic mass is 35.5.